The maximum Gasteiger partial charge on any atom is 0.328 e. The number of carbonyl (C=O) groups excluding carboxylic acids is 2. The highest BCUT2D eigenvalue weighted by Gasteiger charge is 2.07. The Morgan fingerprint density at radius 1 is 1.19 bits per heavy atom. The number of carboxylic acid groups (broad SMARTS) is 1. The number of hydrogen-bond donors (Lipinski definition) is 3. The van der Waals surface area contributed by atoms with Crippen LogP contribution in [0, 0.1) is 0 Å². The fraction of sp³-hybridized carbons (Fsp3) is 0.267. The fourth-order valence-electron chi connectivity index (χ4n) is 1.70. The molecule has 0 aromatic heterocycles. The van der Waals surface area contributed by atoms with E-state index in [0.29, 0.717) is 12.6 Å². The molecule has 0 saturated heterocycles. The Labute approximate surface area is 122 Å². The summed E-state index contributed by atoms with van der Waals surface area (Å²) in [5.41, 5.74) is 1.18. The van der Waals surface area contributed by atoms with Crippen molar-refractivity contribution in [2.75, 3.05) is 6.54 Å². The van der Waals surface area contributed by atoms with E-state index in [2.05, 4.69) is 12.2 Å². The van der Waals surface area contributed by atoms with Crippen LogP contribution in [-0.4, -0.2) is 29.6 Å². The van der Waals surface area contributed by atoms with Gasteiger partial charge in [-0.05, 0) is 17.9 Å². The first-order valence-electron chi connectivity index (χ1n) is 6.54. The van der Waals surface area contributed by atoms with Crippen LogP contribution in [0.25, 0.3) is 0 Å². The third kappa shape index (κ3) is 6.91. The van der Waals surface area contributed by atoms with Crippen LogP contribution in [0.15, 0.2) is 42.5 Å². The molecule has 21 heavy (non-hydrogen) atoms. The second-order valence-electron chi connectivity index (χ2n) is 4.52. The summed E-state index contributed by atoms with van der Waals surface area (Å²) < 4.78 is 0. The van der Waals surface area contributed by atoms with Gasteiger partial charge in [-0.25, -0.2) is 9.59 Å². The fourth-order valence-corrected chi connectivity index (χ4v) is 1.70. The molecular formula is C15H18N2O4. The first kappa shape index (κ1) is 16.4. The van der Waals surface area contributed by atoms with Gasteiger partial charge in [0, 0.05) is 18.7 Å². The summed E-state index contributed by atoms with van der Waals surface area (Å²) in [6.45, 7) is 2.47. The SMILES string of the molecule is CC(CCNC(=O)NC(=O)C=CC(=O)O)c1ccccc1. The van der Waals surface area contributed by atoms with E-state index < -0.39 is 17.9 Å². The highest BCUT2D eigenvalue weighted by Crippen LogP contribution is 2.17. The number of carboxylic acids is 1. The standard InChI is InChI=1S/C15H18N2O4/c1-11(12-5-3-2-4-6-12)9-10-16-15(21)17-13(18)7-8-14(19)20/h2-8,11H,9-10H2,1H3,(H,19,20)(H2,16,17,18,21). The molecule has 1 rings (SSSR count). The van der Waals surface area contributed by atoms with Gasteiger partial charge in [-0.1, -0.05) is 37.3 Å². The highest BCUT2D eigenvalue weighted by molar-refractivity contribution is 6.02. The molecule has 0 heterocycles. The molecule has 0 fully saturated rings. The van der Waals surface area contributed by atoms with Gasteiger partial charge in [0.15, 0.2) is 0 Å². The molecule has 0 aliphatic carbocycles. The summed E-state index contributed by atoms with van der Waals surface area (Å²) >= 11 is 0. The van der Waals surface area contributed by atoms with E-state index in [1.54, 1.807) is 0 Å². The first-order chi connectivity index (χ1) is 9.99. The van der Waals surface area contributed by atoms with Crippen LogP contribution in [0.5, 0.6) is 0 Å². The number of aliphatic carboxylic acids is 1. The molecule has 1 atom stereocenters. The van der Waals surface area contributed by atoms with Crippen LogP contribution in [0.3, 0.4) is 0 Å². The summed E-state index contributed by atoms with van der Waals surface area (Å²) in [7, 11) is 0. The van der Waals surface area contributed by atoms with E-state index in [9.17, 15) is 14.4 Å². The lowest BCUT2D eigenvalue weighted by molar-refractivity contribution is -0.131. The van der Waals surface area contributed by atoms with E-state index >= 15 is 0 Å². The van der Waals surface area contributed by atoms with Crippen molar-refractivity contribution in [3.8, 4) is 0 Å². The van der Waals surface area contributed by atoms with Crippen LogP contribution in [0.4, 0.5) is 4.79 Å². The molecule has 0 saturated carbocycles. The largest absolute Gasteiger partial charge is 0.478 e. The summed E-state index contributed by atoms with van der Waals surface area (Å²) in [6.07, 6.45) is 2.19. The minimum Gasteiger partial charge on any atom is -0.478 e. The second-order valence-corrected chi connectivity index (χ2v) is 4.52. The molecular weight excluding hydrogens is 272 g/mol. The molecule has 0 bridgehead atoms. The third-order valence-electron chi connectivity index (χ3n) is 2.85. The Morgan fingerprint density at radius 2 is 1.86 bits per heavy atom. The molecule has 0 radical (unpaired) electrons. The number of nitrogens with one attached hydrogen (secondary N) is 2. The molecule has 6 nitrogen and oxygen atoms in total. The van der Waals surface area contributed by atoms with E-state index in [-0.39, 0.29) is 5.92 Å². The van der Waals surface area contributed by atoms with Gasteiger partial charge in [-0.2, -0.15) is 0 Å². The third-order valence-corrected chi connectivity index (χ3v) is 2.85. The van der Waals surface area contributed by atoms with Gasteiger partial charge in [0.25, 0.3) is 5.91 Å². The van der Waals surface area contributed by atoms with Crippen molar-refractivity contribution in [2.24, 2.45) is 0 Å². The summed E-state index contributed by atoms with van der Waals surface area (Å²) in [5, 5.41) is 12.9. The average molecular weight is 290 g/mol. The van der Waals surface area contributed by atoms with Gasteiger partial charge in [-0.15, -0.1) is 0 Å². The van der Waals surface area contributed by atoms with Gasteiger partial charge in [0.2, 0.25) is 0 Å². The highest BCUT2D eigenvalue weighted by atomic mass is 16.4. The monoisotopic (exact) mass is 290 g/mol. The molecule has 112 valence electrons. The Balaban J connectivity index is 2.27. The number of imide groups is 1. The van der Waals surface area contributed by atoms with E-state index in [0.717, 1.165) is 12.5 Å². The van der Waals surface area contributed by atoms with Gasteiger partial charge in [0.1, 0.15) is 0 Å². The quantitative estimate of drug-likeness (QED) is 0.694. The molecule has 0 spiro atoms. The zero-order chi connectivity index (χ0) is 15.7. The normalized spacial score (nSPS) is 11.9. The molecule has 3 N–H and O–H groups in total. The van der Waals surface area contributed by atoms with Crippen molar-refractivity contribution < 1.29 is 19.5 Å². The zero-order valence-electron chi connectivity index (χ0n) is 11.7. The van der Waals surface area contributed by atoms with Crippen LogP contribution < -0.4 is 10.6 Å². The van der Waals surface area contributed by atoms with Crippen molar-refractivity contribution >= 4 is 17.9 Å². The Kier molecular flexibility index (Phi) is 6.67. The van der Waals surface area contributed by atoms with Gasteiger partial charge in [0.05, 0.1) is 0 Å². The predicted octanol–water partition coefficient (Wildman–Crippen LogP) is 1.65. The lowest BCUT2D eigenvalue weighted by Gasteiger charge is -2.12. The molecule has 6 heteroatoms. The minimum absolute atomic E-state index is 0.286. The number of rotatable bonds is 6. The lowest BCUT2D eigenvalue weighted by Crippen LogP contribution is -2.39. The Hall–Kier alpha value is -2.63. The topological polar surface area (TPSA) is 95.5 Å². The molecule has 0 aliphatic heterocycles. The molecule has 1 unspecified atom stereocenters. The molecule has 1 aromatic carbocycles. The summed E-state index contributed by atoms with van der Waals surface area (Å²) in [5.74, 6) is -1.73. The molecule has 1 aromatic rings. The average Bonchev–Trinajstić information content (AvgIpc) is 2.46. The maximum atomic E-state index is 11.4. The number of urea groups is 1. The number of carbonyl (C=O) groups is 3. The van der Waals surface area contributed by atoms with Crippen LogP contribution in [0.1, 0.15) is 24.8 Å². The van der Waals surface area contributed by atoms with E-state index in [1.165, 1.54) is 5.56 Å². The molecule has 0 aliphatic rings. The zero-order valence-corrected chi connectivity index (χ0v) is 11.7. The van der Waals surface area contributed by atoms with E-state index in [4.69, 9.17) is 5.11 Å². The number of hydrogen-bond acceptors (Lipinski definition) is 3. The van der Waals surface area contributed by atoms with Gasteiger partial charge >= 0.3 is 12.0 Å². The van der Waals surface area contributed by atoms with Crippen LogP contribution in [0.2, 0.25) is 0 Å². The molecule has 3 amide bonds. The minimum atomic E-state index is -1.25. The Bertz CT molecular complexity index is 526. The first-order valence-corrected chi connectivity index (χ1v) is 6.54. The van der Waals surface area contributed by atoms with Crippen molar-refractivity contribution in [3.63, 3.8) is 0 Å². The second kappa shape index (κ2) is 8.52. The van der Waals surface area contributed by atoms with E-state index in [1.807, 2.05) is 35.6 Å². The van der Waals surface area contributed by atoms with Crippen molar-refractivity contribution in [3.05, 3.63) is 48.0 Å². The predicted molar refractivity (Wildman–Crippen MR) is 77.8 cm³/mol. The maximum absolute atomic E-state index is 11.4. The summed E-state index contributed by atoms with van der Waals surface area (Å²) in [6, 6.07) is 9.25. The number of benzene rings is 1. The lowest BCUT2D eigenvalue weighted by atomic mass is 9.98. The smallest absolute Gasteiger partial charge is 0.328 e. The van der Waals surface area contributed by atoms with Crippen LogP contribution >= 0.6 is 0 Å². The van der Waals surface area contributed by atoms with Crippen molar-refractivity contribution in [2.45, 2.75) is 19.3 Å². The summed E-state index contributed by atoms with van der Waals surface area (Å²) in [4.78, 5) is 32.8. The number of amides is 3. The van der Waals surface area contributed by atoms with Gasteiger partial charge in [-0.3, -0.25) is 10.1 Å². The van der Waals surface area contributed by atoms with Crippen molar-refractivity contribution in [1.82, 2.24) is 10.6 Å². The van der Waals surface area contributed by atoms with Gasteiger partial charge < -0.3 is 10.4 Å². The Morgan fingerprint density at radius 3 is 2.48 bits per heavy atom. The van der Waals surface area contributed by atoms with Crippen molar-refractivity contribution in [1.29, 1.82) is 0 Å². The van der Waals surface area contributed by atoms with Crippen LogP contribution in [-0.2, 0) is 9.59 Å².